The van der Waals surface area contributed by atoms with E-state index in [1.54, 1.807) is 24.5 Å². The molecule has 0 saturated carbocycles. The van der Waals surface area contributed by atoms with Gasteiger partial charge in [-0.05, 0) is 25.2 Å². The van der Waals surface area contributed by atoms with Gasteiger partial charge in [-0.3, -0.25) is 0 Å². The molecule has 3 atom stereocenters. The number of hydrogen-bond acceptors (Lipinski definition) is 4. The molecular weight excluding hydrogens is 220 g/mol. The summed E-state index contributed by atoms with van der Waals surface area (Å²) in [7, 11) is 0. The van der Waals surface area contributed by atoms with Crippen molar-refractivity contribution in [1.29, 1.82) is 0 Å². The van der Waals surface area contributed by atoms with Gasteiger partial charge in [0, 0.05) is 19.3 Å². The quantitative estimate of drug-likeness (QED) is 0.863. The molecule has 0 amide bonds. The summed E-state index contributed by atoms with van der Waals surface area (Å²) in [4.78, 5) is 7.73. The van der Waals surface area contributed by atoms with Crippen molar-refractivity contribution in [3.8, 4) is 0 Å². The summed E-state index contributed by atoms with van der Waals surface area (Å²) in [5.41, 5.74) is 0. The van der Waals surface area contributed by atoms with Crippen molar-refractivity contribution < 1.29 is 5.11 Å². The fourth-order valence-corrected chi connectivity index (χ4v) is 3.31. The largest absolute Gasteiger partial charge is 0.388 e. The Morgan fingerprint density at radius 3 is 2.56 bits per heavy atom. The highest BCUT2D eigenvalue weighted by atomic mass is 32.1. The van der Waals surface area contributed by atoms with Crippen molar-refractivity contribution in [2.24, 2.45) is 11.8 Å². The van der Waals surface area contributed by atoms with Crippen LogP contribution in [0.1, 0.15) is 38.2 Å². The van der Waals surface area contributed by atoms with Crippen molar-refractivity contribution in [1.82, 2.24) is 4.98 Å². The molecule has 1 aliphatic rings. The highest BCUT2D eigenvalue weighted by molar-refractivity contribution is 7.15. The molecule has 1 aromatic rings. The highest BCUT2D eigenvalue weighted by Gasteiger charge is 2.24. The molecule has 1 N–H and O–H groups in total. The summed E-state index contributed by atoms with van der Waals surface area (Å²) in [6.07, 6.45) is 2.71. The fraction of sp³-hybridized carbons (Fsp3) is 0.750. The molecule has 0 bridgehead atoms. The van der Waals surface area contributed by atoms with Gasteiger partial charge in [0.1, 0.15) is 0 Å². The van der Waals surface area contributed by atoms with E-state index in [0.29, 0.717) is 0 Å². The van der Waals surface area contributed by atoms with Crippen LogP contribution in [0.2, 0.25) is 0 Å². The summed E-state index contributed by atoms with van der Waals surface area (Å²) in [5.74, 6) is 1.48. The van der Waals surface area contributed by atoms with Crippen molar-refractivity contribution >= 4 is 16.5 Å². The number of hydrogen-bond donors (Lipinski definition) is 1. The van der Waals surface area contributed by atoms with Crippen LogP contribution >= 0.6 is 11.3 Å². The van der Waals surface area contributed by atoms with Crippen LogP contribution in [-0.4, -0.2) is 23.2 Å². The molecule has 2 heterocycles. The number of aromatic nitrogens is 1. The van der Waals surface area contributed by atoms with E-state index in [1.165, 1.54) is 6.42 Å². The lowest BCUT2D eigenvalue weighted by Gasteiger charge is -2.34. The average Bonchev–Trinajstić information content (AvgIpc) is 2.64. The van der Waals surface area contributed by atoms with Gasteiger partial charge in [-0.15, -0.1) is 0 Å². The number of nitrogens with zero attached hydrogens (tertiary/aromatic N) is 2. The molecule has 1 saturated heterocycles. The first-order chi connectivity index (χ1) is 7.56. The van der Waals surface area contributed by atoms with Gasteiger partial charge in [-0.2, -0.15) is 0 Å². The van der Waals surface area contributed by atoms with Crippen LogP contribution in [0.25, 0.3) is 0 Å². The number of anilines is 1. The average molecular weight is 240 g/mol. The second kappa shape index (κ2) is 4.72. The Morgan fingerprint density at radius 1 is 1.44 bits per heavy atom. The van der Waals surface area contributed by atoms with Crippen LogP contribution in [0.3, 0.4) is 0 Å². The third-order valence-corrected chi connectivity index (χ3v) is 4.29. The lowest BCUT2D eigenvalue weighted by Crippen LogP contribution is -2.38. The zero-order chi connectivity index (χ0) is 11.7. The Balaban J connectivity index is 2.10. The molecule has 3 unspecified atom stereocenters. The van der Waals surface area contributed by atoms with Gasteiger partial charge in [0.05, 0.1) is 11.0 Å². The maximum Gasteiger partial charge on any atom is 0.185 e. The van der Waals surface area contributed by atoms with E-state index in [0.717, 1.165) is 34.9 Å². The SMILES string of the molecule is CC1CC(C)CN(c2ncc(C(C)O)s2)C1. The molecule has 3 nitrogen and oxygen atoms in total. The fourth-order valence-electron chi connectivity index (χ4n) is 2.44. The Morgan fingerprint density at radius 2 is 2.06 bits per heavy atom. The summed E-state index contributed by atoms with van der Waals surface area (Å²) in [5, 5.41) is 10.6. The summed E-state index contributed by atoms with van der Waals surface area (Å²) in [6.45, 7) is 8.57. The van der Waals surface area contributed by atoms with Crippen molar-refractivity contribution in [2.45, 2.75) is 33.3 Å². The van der Waals surface area contributed by atoms with Crippen molar-refractivity contribution in [3.05, 3.63) is 11.1 Å². The first kappa shape index (κ1) is 11.9. The van der Waals surface area contributed by atoms with Crippen molar-refractivity contribution in [3.63, 3.8) is 0 Å². The minimum absolute atomic E-state index is 0.397. The van der Waals surface area contributed by atoms with E-state index in [2.05, 4.69) is 23.7 Å². The predicted octanol–water partition coefficient (Wildman–Crippen LogP) is 2.68. The van der Waals surface area contributed by atoms with Gasteiger partial charge in [-0.1, -0.05) is 25.2 Å². The smallest absolute Gasteiger partial charge is 0.185 e. The molecule has 4 heteroatoms. The molecule has 1 aromatic heterocycles. The number of aliphatic hydroxyl groups excluding tert-OH is 1. The molecule has 16 heavy (non-hydrogen) atoms. The maximum atomic E-state index is 9.49. The van der Waals surface area contributed by atoms with Gasteiger partial charge in [-0.25, -0.2) is 4.98 Å². The van der Waals surface area contributed by atoms with Gasteiger partial charge in [0.2, 0.25) is 0 Å². The summed E-state index contributed by atoms with van der Waals surface area (Å²) in [6, 6.07) is 0. The van der Waals surface area contributed by atoms with Crippen LogP contribution in [0.4, 0.5) is 5.13 Å². The van der Waals surface area contributed by atoms with Gasteiger partial charge in [0.15, 0.2) is 5.13 Å². The molecule has 2 rings (SSSR count). The molecule has 0 aliphatic carbocycles. The first-order valence-corrected chi connectivity index (χ1v) is 6.76. The number of piperidine rings is 1. The topological polar surface area (TPSA) is 36.4 Å². The zero-order valence-corrected chi connectivity index (χ0v) is 11.0. The number of aliphatic hydroxyl groups is 1. The summed E-state index contributed by atoms with van der Waals surface area (Å²) < 4.78 is 0. The molecule has 1 fully saturated rings. The molecular formula is C12H20N2OS. The number of thiazole rings is 1. The highest BCUT2D eigenvalue weighted by Crippen LogP contribution is 2.31. The molecule has 1 aliphatic heterocycles. The lowest BCUT2D eigenvalue weighted by molar-refractivity contribution is 0.203. The first-order valence-electron chi connectivity index (χ1n) is 5.95. The molecule has 0 spiro atoms. The van der Waals surface area contributed by atoms with E-state index >= 15 is 0 Å². The van der Waals surface area contributed by atoms with Crippen LogP contribution in [0.5, 0.6) is 0 Å². The van der Waals surface area contributed by atoms with E-state index in [4.69, 9.17) is 0 Å². The van der Waals surface area contributed by atoms with Crippen LogP contribution in [0.15, 0.2) is 6.20 Å². The third kappa shape index (κ3) is 2.55. The number of rotatable bonds is 2. The van der Waals surface area contributed by atoms with E-state index in [9.17, 15) is 5.11 Å². The molecule has 90 valence electrons. The van der Waals surface area contributed by atoms with Crippen LogP contribution < -0.4 is 4.90 Å². The maximum absolute atomic E-state index is 9.49. The van der Waals surface area contributed by atoms with Crippen LogP contribution in [-0.2, 0) is 0 Å². The van der Waals surface area contributed by atoms with Crippen LogP contribution in [0, 0.1) is 11.8 Å². The molecule has 0 radical (unpaired) electrons. The van der Waals surface area contributed by atoms with Gasteiger partial charge >= 0.3 is 0 Å². The van der Waals surface area contributed by atoms with E-state index in [1.807, 2.05) is 0 Å². The third-order valence-electron chi connectivity index (χ3n) is 3.06. The van der Waals surface area contributed by atoms with Gasteiger partial charge in [0.25, 0.3) is 0 Å². The Hall–Kier alpha value is -0.610. The Bertz CT molecular complexity index is 341. The monoisotopic (exact) mass is 240 g/mol. The Kier molecular flexibility index (Phi) is 3.50. The normalized spacial score (nSPS) is 28.1. The minimum Gasteiger partial charge on any atom is -0.388 e. The van der Waals surface area contributed by atoms with Gasteiger partial charge < -0.3 is 10.0 Å². The minimum atomic E-state index is -0.397. The standard InChI is InChI=1S/C12H20N2OS/c1-8-4-9(2)7-14(6-8)12-13-5-11(16-12)10(3)15/h5,8-10,15H,4,6-7H2,1-3H3. The summed E-state index contributed by atoms with van der Waals surface area (Å²) >= 11 is 1.62. The molecule has 0 aromatic carbocycles. The second-order valence-corrected chi connectivity index (χ2v) is 6.11. The second-order valence-electron chi connectivity index (χ2n) is 5.07. The van der Waals surface area contributed by atoms with E-state index in [-0.39, 0.29) is 0 Å². The lowest BCUT2D eigenvalue weighted by atomic mass is 9.92. The van der Waals surface area contributed by atoms with Crippen molar-refractivity contribution in [2.75, 3.05) is 18.0 Å². The Labute approximate surface area is 101 Å². The van der Waals surface area contributed by atoms with E-state index < -0.39 is 6.10 Å². The predicted molar refractivity (Wildman–Crippen MR) is 67.9 cm³/mol. The zero-order valence-electron chi connectivity index (χ0n) is 10.2.